The van der Waals surface area contributed by atoms with Crippen LogP contribution in [-0.4, -0.2) is 24.5 Å². The standard InChI is InChI=1S/C29H26Cl2N2O4/c1-5-37-26-14-20(13-25(31)22(26)11-19-9-16(2)8-17(3)10-19)12-23-27(34)32-29(36)33(28(23)35)21-7-6-18(4)24(30)15-21/h6-10,12-15H,5,11H2,1-4H3,(H,32,34,36)/b23-12+. The minimum Gasteiger partial charge on any atom is -0.494 e. The van der Waals surface area contributed by atoms with Crippen molar-refractivity contribution in [2.75, 3.05) is 11.5 Å². The van der Waals surface area contributed by atoms with Crippen molar-refractivity contribution in [3.05, 3.63) is 97.5 Å². The minimum atomic E-state index is -0.844. The molecule has 3 aromatic carbocycles. The number of carbonyl (C=O) groups is 3. The van der Waals surface area contributed by atoms with Crippen LogP contribution in [0.15, 0.2) is 54.1 Å². The Morgan fingerprint density at radius 1 is 0.919 bits per heavy atom. The van der Waals surface area contributed by atoms with Gasteiger partial charge in [0.15, 0.2) is 0 Å². The molecule has 0 spiro atoms. The van der Waals surface area contributed by atoms with Gasteiger partial charge in [0.2, 0.25) is 0 Å². The van der Waals surface area contributed by atoms with Crippen molar-refractivity contribution in [3.63, 3.8) is 0 Å². The largest absolute Gasteiger partial charge is 0.494 e. The van der Waals surface area contributed by atoms with E-state index in [0.717, 1.165) is 32.7 Å². The topological polar surface area (TPSA) is 75.7 Å². The van der Waals surface area contributed by atoms with Crippen LogP contribution in [0.4, 0.5) is 10.5 Å². The number of rotatable bonds is 6. The predicted molar refractivity (Wildman–Crippen MR) is 147 cm³/mol. The van der Waals surface area contributed by atoms with E-state index in [4.69, 9.17) is 27.9 Å². The third-order valence-corrected chi connectivity index (χ3v) is 6.71. The molecule has 0 saturated carbocycles. The Kier molecular flexibility index (Phi) is 7.71. The Morgan fingerprint density at radius 3 is 2.27 bits per heavy atom. The highest BCUT2D eigenvalue weighted by Gasteiger charge is 2.37. The lowest BCUT2D eigenvalue weighted by Gasteiger charge is -2.26. The van der Waals surface area contributed by atoms with Crippen molar-refractivity contribution in [3.8, 4) is 5.75 Å². The van der Waals surface area contributed by atoms with E-state index in [1.807, 2.05) is 27.7 Å². The first-order chi connectivity index (χ1) is 17.6. The number of hydrogen-bond acceptors (Lipinski definition) is 4. The normalized spacial score (nSPS) is 14.8. The Balaban J connectivity index is 1.73. The summed E-state index contributed by atoms with van der Waals surface area (Å²) < 4.78 is 5.89. The summed E-state index contributed by atoms with van der Waals surface area (Å²) in [6.45, 7) is 8.17. The van der Waals surface area contributed by atoms with Crippen LogP contribution in [0.1, 0.15) is 40.3 Å². The molecule has 4 amide bonds. The molecule has 0 bridgehead atoms. The molecule has 0 atom stereocenters. The van der Waals surface area contributed by atoms with E-state index in [1.54, 1.807) is 24.3 Å². The smallest absolute Gasteiger partial charge is 0.335 e. The summed E-state index contributed by atoms with van der Waals surface area (Å²) in [5.41, 5.74) is 5.54. The van der Waals surface area contributed by atoms with E-state index in [0.29, 0.717) is 34.4 Å². The van der Waals surface area contributed by atoms with E-state index in [9.17, 15) is 14.4 Å². The number of aryl methyl sites for hydroxylation is 3. The molecule has 1 fully saturated rings. The van der Waals surface area contributed by atoms with Crippen LogP contribution in [0.3, 0.4) is 0 Å². The molecule has 1 saturated heterocycles. The molecule has 0 aliphatic carbocycles. The van der Waals surface area contributed by atoms with E-state index in [1.165, 1.54) is 12.1 Å². The maximum atomic E-state index is 13.3. The molecule has 0 aromatic heterocycles. The minimum absolute atomic E-state index is 0.211. The number of amides is 4. The van der Waals surface area contributed by atoms with E-state index in [-0.39, 0.29) is 11.3 Å². The molecule has 1 aliphatic heterocycles. The lowest BCUT2D eigenvalue weighted by molar-refractivity contribution is -0.122. The maximum absolute atomic E-state index is 13.3. The summed E-state index contributed by atoms with van der Waals surface area (Å²) in [5, 5.41) is 3.06. The van der Waals surface area contributed by atoms with Crippen molar-refractivity contribution in [2.24, 2.45) is 0 Å². The van der Waals surface area contributed by atoms with Crippen LogP contribution in [0.25, 0.3) is 6.08 Å². The van der Waals surface area contributed by atoms with Gasteiger partial charge in [0, 0.05) is 22.0 Å². The van der Waals surface area contributed by atoms with Gasteiger partial charge in [-0.25, -0.2) is 9.69 Å². The van der Waals surface area contributed by atoms with Crippen LogP contribution >= 0.6 is 23.2 Å². The van der Waals surface area contributed by atoms with Gasteiger partial charge < -0.3 is 4.74 Å². The fourth-order valence-corrected chi connectivity index (χ4v) is 4.79. The second-order valence-electron chi connectivity index (χ2n) is 8.98. The zero-order valence-electron chi connectivity index (χ0n) is 20.9. The van der Waals surface area contributed by atoms with Gasteiger partial charge in [0.1, 0.15) is 11.3 Å². The Bertz CT molecular complexity index is 1440. The Labute approximate surface area is 225 Å². The molecule has 190 valence electrons. The average Bonchev–Trinajstić information content (AvgIpc) is 2.80. The predicted octanol–water partition coefficient (Wildman–Crippen LogP) is 6.57. The van der Waals surface area contributed by atoms with Crippen LogP contribution in [0.5, 0.6) is 5.75 Å². The third-order valence-electron chi connectivity index (χ3n) is 5.97. The summed E-state index contributed by atoms with van der Waals surface area (Å²) in [6.07, 6.45) is 1.96. The number of barbiturate groups is 1. The van der Waals surface area contributed by atoms with Crippen molar-refractivity contribution in [1.82, 2.24) is 5.32 Å². The Hall–Kier alpha value is -3.61. The zero-order valence-corrected chi connectivity index (χ0v) is 22.5. The number of nitrogens with one attached hydrogen (secondary N) is 1. The lowest BCUT2D eigenvalue weighted by Crippen LogP contribution is -2.54. The molecule has 37 heavy (non-hydrogen) atoms. The third kappa shape index (κ3) is 5.71. The fraction of sp³-hybridized carbons (Fsp3) is 0.207. The van der Waals surface area contributed by atoms with Gasteiger partial charge in [-0.15, -0.1) is 0 Å². The van der Waals surface area contributed by atoms with Crippen molar-refractivity contribution < 1.29 is 19.1 Å². The second-order valence-corrected chi connectivity index (χ2v) is 9.79. The zero-order chi connectivity index (χ0) is 26.9. The van der Waals surface area contributed by atoms with Gasteiger partial charge in [0.25, 0.3) is 11.8 Å². The molecule has 0 unspecified atom stereocenters. The monoisotopic (exact) mass is 536 g/mol. The van der Waals surface area contributed by atoms with Crippen LogP contribution < -0.4 is 15.0 Å². The highest BCUT2D eigenvalue weighted by Crippen LogP contribution is 2.33. The number of hydrogen-bond donors (Lipinski definition) is 1. The molecule has 4 rings (SSSR count). The van der Waals surface area contributed by atoms with Gasteiger partial charge in [-0.3, -0.25) is 14.9 Å². The lowest BCUT2D eigenvalue weighted by atomic mass is 9.98. The molecule has 1 N–H and O–H groups in total. The van der Waals surface area contributed by atoms with Crippen LogP contribution in [-0.2, 0) is 16.0 Å². The second kappa shape index (κ2) is 10.8. The van der Waals surface area contributed by atoms with Crippen LogP contribution in [0, 0.1) is 20.8 Å². The first kappa shape index (κ1) is 26.5. The number of halogens is 2. The van der Waals surface area contributed by atoms with Gasteiger partial charge in [-0.2, -0.15) is 0 Å². The summed E-state index contributed by atoms with van der Waals surface area (Å²) >= 11 is 12.9. The molecule has 0 radical (unpaired) electrons. The first-order valence-corrected chi connectivity index (χ1v) is 12.5. The Morgan fingerprint density at radius 2 is 1.62 bits per heavy atom. The van der Waals surface area contributed by atoms with Gasteiger partial charge >= 0.3 is 6.03 Å². The first-order valence-electron chi connectivity index (χ1n) is 11.8. The van der Waals surface area contributed by atoms with Gasteiger partial charge in [0.05, 0.1) is 12.3 Å². The fourth-order valence-electron chi connectivity index (χ4n) is 4.33. The highest BCUT2D eigenvalue weighted by atomic mass is 35.5. The molecular formula is C29H26Cl2N2O4. The number of nitrogens with zero attached hydrogens (tertiary/aromatic N) is 1. The quantitative estimate of drug-likeness (QED) is 0.285. The number of ether oxygens (including phenoxy) is 1. The van der Waals surface area contributed by atoms with Crippen LogP contribution in [0.2, 0.25) is 10.0 Å². The molecule has 8 heteroatoms. The van der Waals surface area contributed by atoms with E-state index >= 15 is 0 Å². The van der Waals surface area contributed by atoms with Crippen molar-refractivity contribution >= 4 is 52.8 Å². The summed E-state index contributed by atoms with van der Waals surface area (Å²) in [4.78, 5) is 39.3. The maximum Gasteiger partial charge on any atom is 0.335 e. The van der Waals surface area contributed by atoms with Crippen molar-refractivity contribution in [1.29, 1.82) is 0 Å². The number of carbonyl (C=O) groups excluding carboxylic acids is 3. The summed E-state index contributed by atoms with van der Waals surface area (Å²) in [7, 11) is 0. The molecule has 1 heterocycles. The molecule has 3 aromatic rings. The van der Waals surface area contributed by atoms with Gasteiger partial charge in [-0.05, 0) is 74.7 Å². The van der Waals surface area contributed by atoms with Crippen molar-refractivity contribution in [2.45, 2.75) is 34.1 Å². The number of anilines is 1. The molecule has 6 nitrogen and oxygen atoms in total. The van der Waals surface area contributed by atoms with E-state index < -0.39 is 17.8 Å². The highest BCUT2D eigenvalue weighted by molar-refractivity contribution is 6.39. The molecule has 1 aliphatic rings. The number of urea groups is 1. The molecular weight excluding hydrogens is 511 g/mol. The number of benzene rings is 3. The average molecular weight is 537 g/mol. The van der Waals surface area contributed by atoms with E-state index in [2.05, 4.69) is 23.5 Å². The van der Waals surface area contributed by atoms with Gasteiger partial charge in [-0.1, -0.05) is 58.6 Å². The summed E-state index contributed by atoms with van der Waals surface area (Å²) in [6, 6.07) is 13.7. The summed E-state index contributed by atoms with van der Waals surface area (Å²) in [5.74, 6) is -0.997. The number of imide groups is 2. The SMILES string of the molecule is CCOc1cc(/C=C2\C(=O)NC(=O)N(c3ccc(C)c(Cl)c3)C2=O)cc(Cl)c1Cc1cc(C)cc(C)c1.